The zero-order valence-corrected chi connectivity index (χ0v) is 6.58. The Balaban J connectivity index is 3.03. The Morgan fingerprint density at radius 1 is 1.30 bits per heavy atom. The van der Waals surface area contributed by atoms with Crippen molar-refractivity contribution in [3.05, 3.63) is 0 Å². The van der Waals surface area contributed by atoms with Crippen LogP contribution in [-0.2, 0) is 4.74 Å². The highest BCUT2D eigenvalue weighted by molar-refractivity contribution is 4.48. The van der Waals surface area contributed by atoms with Crippen molar-refractivity contribution in [3.8, 4) is 0 Å². The van der Waals surface area contributed by atoms with Gasteiger partial charge in [-0.2, -0.15) is 0 Å². The van der Waals surface area contributed by atoms with Gasteiger partial charge in [0, 0.05) is 12.5 Å². The monoisotopic (exact) mass is 148 g/mol. The van der Waals surface area contributed by atoms with Crippen LogP contribution in [0.5, 0.6) is 0 Å². The maximum Gasteiger partial charge on any atom is 0.0745 e. The summed E-state index contributed by atoms with van der Waals surface area (Å²) < 4.78 is 5.04. The van der Waals surface area contributed by atoms with Crippen LogP contribution >= 0.6 is 0 Å². The van der Waals surface area contributed by atoms with Crippen LogP contribution in [0.2, 0.25) is 0 Å². The fraction of sp³-hybridized carbons (Fsp3) is 1.00. The Labute approximate surface area is 61.6 Å². The number of hydrogen-bond donors (Lipinski definition) is 2. The fourth-order valence-electron chi connectivity index (χ4n) is 0.492. The van der Waals surface area contributed by atoms with Gasteiger partial charge in [-0.25, -0.2) is 0 Å². The second kappa shape index (κ2) is 5.65. The van der Waals surface area contributed by atoms with E-state index in [1.54, 1.807) is 6.92 Å². The van der Waals surface area contributed by atoms with Gasteiger partial charge in [0.15, 0.2) is 0 Å². The third-order valence-electron chi connectivity index (χ3n) is 1.07. The zero-order chi connectivity index (χ0) is 7.98. The van der Waals surface area contributed by atoms with Crippen molar-refractivity contribution in [2.75, 3.05) is 19.8 Å². The minimum absolute atomic E-state index is 0.139. The molecule has 0 radical (unpaired) electrons. The molecule has 0 aromatic carbocycles. The van der Waals surface area contributed by atoms with E-state index < -0.39 is 6.10 Å². The van der Waals surface area contributed by atoms with Crippen LogP contribution in [0.25, 0.3) is 0 Å². The summed E-state index contributed by atoms with van der Waals surface area (Å²) in [6.45, 7) is 4.57. The standard InChI is InChI=1S/C7H16O3/c1-6(3-8)4-10-5-7(2)9/h6-9H,3-5H2,1-2H3. The normalized spacial score (nSPS) is 16.8. The average Bonchev–Trinajstić information content (AvgIpc) is 1.87. The molecule has 0 aliphatic rings. The molecule has 2 unspecified atom stereocenters. The molecule has 0 fully saturated rings. The van der Waals surface area contributed by atoms with E-state index in [-0.39, 0.29) is 12.5 Å². The SMILES string of the molecule is CC(O)COCC(C)CO. The first-order valence-electron chi connectivity index (χ1n) is 3.53. The van der Waals surface area contributed by atoms with E-state index in [0.717, 1.165) is 0 Å². The second-order valence-corrected chi connectivity index (χ2v) is 2.67. The molecule has 0 heterocycles. The van der Waals surface area contributed by atoms with Crippen LogP contribution in [-0.4, -0.2) is 36.1 Å². The molecule has 3 nitrogen and oxygen atoms in total. The summed E-state index contributed by atoms with van der Waals surface area (Å²) >= 11 is 0. The van der Waals surface area contributed by atoms with Crippen molar-refractivity contribution in [3.63, 3.8) is 0 Å². The number of ether oxygens (including phenoxy) is 1. The Morgan fingerprint density at radius 2 is 1.90 bits per heavy atom. The summed E-state index contributed by atoms with van der Waals surface area (Å²) in [5, 5.41) is 17.3. The molecule has 10 heavy (non-hydrogen) atoms. The van der Waals surface area contributed by atoms with Crippen molar-refractivity contribution in [2.45, 2.75) is 20.0 Å². The number of aliphatic hydroxyl groups excluding tert-OH is 2. The minimum atomic E-state index is -0.411. The molecule has 2 N–H and O–H groups in total. The van der Waals surface area contributed by atoms with Crippen LogP contribution < -0.4 is 0 Å². The lowest BCUT2D eigenvalue weighted by atomic mass is 10.2. The van der Waals surface area contributed by atoms with Crippen molar-refractivity contribution in [1.29, 1.82) is 0 Å². The molecule has 0 amide bonds. The molecular weight excluding hydrogens is 132 g/mol. The van der Waals surface area contributed by atoms with E-state index in [4.69, 9.17) is 14.9 Å². The number of aliphatic hydroxyl groups is 2. The zero-order valence-electron chi connectivity index (χ0n) is 6.58. The molecule has 0 saturated carbocycles. The fourth-order valence-corrected chi connectivity index (χ4v) is 0.492. The molecule has 2 atom stereocenters. The largest absolute Gasteiger partial charge is 0.396 e. The first-order chi connectivity index (χ1) is 4.66. The van der Waals surface area contributed by atoms with Crippen LogP contribution in [0.3, 0.4) is 0 Å². The lowest BCUT2D eigenvalue weighted by Crippen LogP contribution is -2.16. The van der Waals surface area contributed by atoms with Crippen LogP contribution in [0.1, 0.15) is 13.8 Å². The number of rotatable bonds is 5. The molecule has 0 rings (SSSR count). The summed E-state index contributed by atoms with van der Waals surface area (Å²) in [6, 6.07) is 0. The molecule has 0 saturated heterocycles. The quantitative estimate of drug-likeness (QED) is 0.577. The molecule has 0 aliphatic carbocycles. The summed E-state index contributed by atoms with van der Waals surface area (Å²) in [5.41, 5.74) is 0. The summed E-state index contributed by atoms with van der Waals surface area (Å²) in [5.74, 6) is 0.166. The van der Waals surface area contributed by atoms with Gasteiger partial charge in [-0.05, 0) is 6.92 Å². The van der Waals surface area contributed by atoms with Crippen molar-refractivity contribution in [2.24, 2.45) is 5.92 Å². The molecular formula is C7H16O3. The summed E-state index contributed by atoms with van der Waals surface area (Å²) in [7, 11) is 0. The lowest BCUT2D eigenvalue weighted by molar-refractivity contribution is 0.0221. The maximum atomic E-state index is 8.75. The minimum Gasteiger partial charge on any atom is -0.396 e. The van der Waals surface area contributed by atoms with Gasteiger partial charge in [0.25, 0.3) is 0 Å². The van der Waals surface area contributed by atoms with Gasteiger partial charge in [0.1, 0.15) is 0 Å². The number of hydrogen-bond acceptors (Lipinski definition) is 3. The molecule has 0 aromatic heterocycles. The lowest BCUT2D eigenvalue weighted by Gasteiger charge is -2.09. The van der Waals surface area contributed by atoms with Gasteiger partial charge < -0.3 is 14.9 Å². The van der Waals surface area contributed by atoms with Gasteiger partial charge in [0.2, 0.25) is 0 Å². The van der Waals surface area contributed by atoms with Gasteiger partial charge in [-0.1, -0.05) is 6.92 Å². The second-order valence-electron chi connectivity index (χ2n) is 2.67. The Morgan fingerprint density at radius 3 is 2.30 bits per heavy atom. The molecule has 0 aromatic rings. The van der Waals surface area contributed by atoms with Gasteiger partial charge >= 0.3 is 0 Å². The molecule has 0 aliphatic heterocycles. The van der Waals surface area contributed by atoms with Crippen LogP contribution in [0.15, 0.2) is 0 Å². The molecule has 0 spiro atoms. The Kier molecular flexibility index (Phi) is 5.58. The first kappa shape index (κ1) is 9.88. The van der Waals surface area contributed by atoms with E-state index in [9.17, 15) is 0 Å². The third kappa shape index (κ3) is 6.01. The van der Waals surface area contributed by atoms with E-state index >= 15 is 0 Å². The van der Waals surface area contributed by atoms with E-state index in [2.05, 4.69) is 0 Å². The highest BCUT2D eigenvalue weighted by atomic mass is 16.5. The average molecular weight is 148 g/mol. The first-order valence-corrected chi connectivity index (χ1v) is 3.53. The highest BCUT2D eigenvalue weighted by Gasteiger charge is 2.00. The smallest absolute Gasteiger partial charge is 0.0745 e. The Hall–Kier alpha value is -0.120. The topological polar surface area (TPSA) is 49.7 Å². The van der Waals surface area contributed by atoms with Gasteiger partial charge in [-0.15, -0.1) is 0 Å². The Bertz CT molecular complexity index is 73.3. The predicted octanol–water partition coefficient (Wildman–Crippen LogP) is 0.0122. The van der Waals surface area contributed by atoms with E-state index in [1.807, 2.05) is 6.92 Å². The third-order valence-corrected chi connectivity index (χ3v) is 1.07. The predicted molar refractivity (Wildman–Crippen MR) is 38.7 cm³/mol. The summed E-state index contributed by atoms with van der Waals surface area (Å²) in [6.07, 6.45) is -0.411. The summed E-state index contributed by atoms with van der Waals surface area (Å²) in [4.78, 5) is 0. The van der Waals surface area contributed by atoms with Crippen LogP contribution in [0.4, 0.5) is 0 Å². The van der Waals surface area contributed by atoms with Gasteiger partial charge in [-0.3, -0.25) is 0 Å². The van der Waals surface area contributed by atoms with Gasteiger partial charge in [0.05, 0.1) is 19.3 Å². The molecule has 62 valence electrons. The highest BCUT2D eigenvalue weighted by Crippen LogP contribution is 1.93. The van der Waals surface area contributed by atoms with Crippen molar-refractivity contribution >= 4 is 0 Å². The van der Waals surface area contributed by atoms with Crippen molar-refractivity contribution in [1.82, 2.24) is 0 Å². The van der Waals surface area contributed by atoms with E-state index in [0.29, 0.717) is 13.2 Å². The van der Waals surface area contributed by atoms with E-state index in [1.165, 1.54) is 0 Å². The molecule has 3 heteroatoms. The molecule has 0 bridgehead atoms. The van der Waals surface area contributed by atoms with Crippen molar-refractivity contribution < 1.29 is 14.9 Å². The maximum absolute atomic E-state index is 8.75. The van der Waals surface area contributed by atoms with Crippen LogP contribution in [0, 0.1) is 5.92 Å².